The summed E-state index contributed by atoms with van der Waals surface area (Å²) in [6, 6.07) is 7.86. The van der Waals surface area contributed by atoms with Gasteiger partial charge in [0, 0.05) is 19.8 Å². The Labute approximate surface area is 103 Å². The summed E-state index contributed by atoms with van der Waals surface area (Å²) < 4.78 is 4.73. The number of carbonyl (C=O) groups excluding carboxylic acids is 1. The number of nitrogens with zero attached hydrogens (tertiary/aromatic N) is 1. The van der Waals surface area contributed by atoms with Gasteiger partial charge >= 0.3 is 5.97 Å². The predicted molar refractivity (Wildman–Crippen MR) is 69.3 cm³/mol. The van der Waals surface area contributed by atoms with Crippen molar-refractivity contribution in [3.8, 4) is 0 Å². The summed E-state index contributed by atoms with van der Waals surface area (Å²) in [5.41, 5.74) is 2.26. The number of hydrogen-bond acceptors (Lipinski definition) is 4. The smallest absolute Gasteiger partial charge is 0.323 e. The lowest BCUT2D eigenvalue weighted by molar-refractivity contribution is -0.142. The number of rotatable bonds is 5. The molecular weight excluding hydrogens is 216 g/mol. The van der Waals surface area contributed by atoms with Gasteiger partial charge in [-0.05, 0) is 31.2 Å². The monoisotopic (exact) mass is 236 g/mol. The van der Waals surface area contributed by atoms with Gasteiger partial charge in [0.2, 0.25) is 0 Å². The fourth-order valence-corrected chi connectivity index (χ4v) is 1.61. The van der Waals surface area contributed by atoms with Gasteiger partial charge in [-0.3, -0.25) is 4.79 Å². The molecule has 0 bridgehead atoms. The molecule has 4 heteroatoms. The number of esters is 1. The molecule has 0 unspecified atom stereocenters. The largest absolute Gasteiger partial charge is 0.468 e. The molecule has 1 rings (SSSR count). The quantitative estimate of drug-likeness (QED) is 0.776. The van der Waals surface area contributed by atoms with Crippen LogP contribution in [0.2, 0.25) is 0 Å². The number of methoxy groups -OCH3 is 1. The Balaban J connectivity index is 2.70. The van der Waals surface area contributed by atoms with Crippen molar-refractivity contribution in [2.75, 3.05) is 33.2 Å². The van der Waals surface area contributed by atoms with Crippen LogP contribution in [0, 0.1) is 0 Å². The molecule has 17 heavy (non-hydrogen) atoms. The molecule has 0 saturated heterocycles. The maximum atomic E-state index is 11.4. The van der Waals surface area contributed by atoms with E-state index >= 15 is 0 Å². The normalized spacial score (nSPS) is 12.0. The van der Waals surface area contributed by atoms with E-state index in [1.807, 2.05) is 43.3 Å². The van der Waals surface area contributed by atoms with Gasteiger partial charge in [0.25, 0.3) is 0 Å². The molecule has 0 saturated carbocycles. The number of likely N-dealkylation sites (N-methyl/N-ethyl adjacent to an activating group) is 1. The molecular formula is C13H20N2O2. The van der Waals surface area contributed by atoms with Gasteiger partial charge in [-0.25, -0.2) is 0 Å². The van der Waals surface area contributed by atoms with Crippen LogP contribution in [0.1, 0.15) is 5.56 Å². The van der Waals surface area contributed by atoms with E-state index in [-0.39, 0.29) is 12.0 Å². The highest BCUT2D eigenvalue weighted by Gasteiger charge is 2.16. The van der Waals surface area contributed by atoms with Crippen molar-refractivity contribution in [1.29, 1.82) is 0 Å². The van der Waals surface area contributed by atoms with E-state index in [0.29, 0.717) is 6.42 Å². The highest BCUT2D eigenvalue weighted by molar-refractivity contribution is 5.76. The molecule has 1 aromatic rings. The molecule has 0 amide bonds. The second-order valence-corrected chi connectivity index (χ2v) is 4.13. The summed E-state index contributed by atoms with van der Waals surface area (Å²) in [6.07, 6.45) is 0.636. The molecule has 1 atom stereocenters. The van der Waals surface area contributed by atoms with E-state index in [2.05, 4.69) is 5.32 Å². The molecule has 94 valence electrons. The van der Waals surface area contributed by atoms with Crippen LogP contribution in [0.15, 0.2) is 24.3 Å². The Morgan fingerprint density at radius 1 is 1.35 bits per heavy atom. The van der Waals surface area contributed by atoms with Crippen LogP contribution in [0.5, 0.6) is 0 Å². The lowest BCUT2D eigenvalue weighted by Crippen LogP contribution is -2.36. The Morgan fingerprint density at radius 2 is 1.94 bits per heavy atom. The number of benzene rings is 1. The molecule has 0 aliphatic heterocycles. The third-order valence-electron chi connectivity index (χ3n) is 2.73. The zero-order valence-corrected chi connectivity index (χ0v) is 10.9. The van der Waals surface area contributed by atoms with E-state index in [9.17, 15) is 4.79 Å². The Morgan fingerprint density at radius 3 is 2.35 bits per heavy atom. The van der Waals surface area contributed by atoms with Gasteiger partial charge in [-0.2, -0.15) is 0 Å². The summed E-state index contributed by atoms with van der Waals surface area (Å²) in [7, 11) is 7.16. The number of anilines is 1. The van der Waals surface area contributed by atoms with Crippen molar-refractivity contribution in [2.45, 2.75) is 12.5 Å². The highest BCUT2D eigenvalue weighted by Crippen LogP contribution is 2.13. The number of nitrogens with one attached hydrogen (secondary N) is 1. The number of ether oxygens (including phenoxy) is 1. The third kappa shape index (κ3) is 3.75. The summed E-state index contributed by atoms with van der Waals surface area (Å²) >= 11 is 0. The van der Waals surface area contributed by atoms with Crippen molar-refractivity contribution < 1.29 is 9.53 Å². The van der Waals surface area contributed by atoms with Gasteiger partial charge in [0.15, 0.2) is 0 Å². The first-order chi connectivity index (χ1) is 8.08. The summed E-state index contributed by atoms with van der Waals surface area (Å²) in [6.45, 7) is 0. The first-order valence-electron chi connectivity index (χ1n) is 5.60. The first kappa shape index (κ1) is 13.5. The molecule has 0 aliphatic rings. The molecule has 1 aromatic carbocycles. The topological polar surface area (TPSA) is 41.6 Å². The van der Waals surface area contributed by atoms with Crippen LogP contribution in [-0.4, -0.2) is 40.3 Å². The highest BCUT2D eigenvalue weighted by atomic mass is 16.5. The van der Waals surface area contributed by atoms with Crippen molar-refractivity contribution >= 4 is 11.7 Å². The van der Waals surface area contributed by atoms with Gasteiger partial charge in [-0.1, -0.05) is 12.1 Å². The number of hydrogen-bond donors (Lipinski definition) is 1. The summed E-state index contributed by atoms with van der Waals surface area (Å²) in [5.74, 6) is -0.232. The van der Waals surface area contributed by atoms with Gasteiger partial charge in [0.1, 0.15) is 6.04 Å². The average Bonchev–Trinajstić information content (AvgIpc) is 2.35. The molecule has 0 fully saturated rings. The van der Waals surface area contributed by atoms with Crippen molar-refractivity contribution in [3.63, 3.8) is 0 Å². The standard InChI is InChI=1S/C13H20N2O2/c1-14-12(13(16)17-4)9-10-5-7-11(8-6-10)15(2)3/h5-8,12,14H,9H2,1-4H3/t12-/m1/s1. The van der Waals surface area contributed by atoms with E-state index < -0.39 is 0 Å². The van der Waals surface area contributed by atoms with E-state index in [1.165, 1.54) is 7.11 Å². The third-order valence-corrected chi connectivity index (χ3v) is 2.73. The minimum absolute atomic E-state index is 0.232. The van der Waals surface area contributed by atoms with Crippen molar-refractivity contribution in [2.24, 2.45) is 0 Å². The fourth-order valence-electron chi connectivity index (χ4n) is 1.61. The zero-order valence-electron chi connectivity index (χ0n) is 10.9. The SMILES string of the molecule is CN[C@H](Cc1ccc(N(C)C)cc1)C(=O)OC. The van der Waals surface area contributed by atoms with Crippen LogP contribution < -0.4 is 10.2 Å². The van der Waals surface area contributed by atoms with Gasteiger partial charge < -0.3 is 15.0 Å². The van der Waals surface area contributed by atoms with Crippen LogP contribution >= 0.6 is 0 Å². The van der Waals surface area contributed by atoms with Gasteiger partial charge in [0.05, 0.1) is 7.11 Å². The van der Waals surface area contributed by atoms with Crippen LogP contribution in [0.3, 0.4) is 0 Å². The fraction of sp³-hybridized carbons (Fsp3) is 0.462. The molecule has 0 spiro atoms. The van der Waals surface area contributed by atoms with Crippen LogP contribution in [0.25, 0.3) is 0 Å². The van der Waals surface area contributed by atoms with Crippen molar-refractivity contribution in [3.05, 3.63) is 29.8 Å². The lowest BCUT2D eigenvalue weighted by atomic mass is 10.1. The lowest BCUT2D eigenvalue weighted by Gasteiger charge is -2.15. The minimum atomic E-state index is -0.287. The Kier molecular flexibility index (Phi) is 4.97. The van der Waals surface area contributed by atoms with E-state index in [4.69, 9.17) is 4.74 Å². The number of carbonyl (C=O) groups is 1. The zero-order chi connectivity index (χ0) is 12.8. The van der Waals surface area contributed by atoms with Crippen LogP contribution in [0.4, 0.5) is 5.69 Å². The molecule has 0 heterocycles. The van der Waals surface area contributed by atoms with E-state index in [0.717, 1.165) is 11.3 Å². The maximum absolute atomic E-state index is 11.4. The second-order valence-electron chi connectivity index (χ2n) is 4.13. The molecule has 4 nitrogen and oxygen atoms in total. The summed E-state index contributed by atoms with van der Waals surface area (Å²) in [5, 5.41) is 2.95. The molecule has 0 aromatic heterocycles. The Hall–Kier alpha value is -1.55. The van der Waals surface area contributed by atoms with Gasteiger partial charge in [-0.15, -0.1) is 0 Å². The molecule has 0 aliphatic carbocycles. The molecule has 0 radical (unpaired) electrons. The van der Waals surface area contributed by atoms with Crippen molar-refractivity contribution in [1.82, 2.24) is 5.32 Å². The maximum Gasteiger partial charge on any atom is 0.323 e. The van der Waals surface area contributed by atoms with Crippen LogP contribution in [-0.2, 0) is 16.0 Å². The van der Waals surface area contributed by atoms with E-state index in [1.54, 1.807) is 7.05 Å². The minimum Gasteiger partial charge on any atom is -0.468 e. The predicted octanol–water partition coefficient (Wildman–Crippen LogP) is 1.06. The second kappa shape index (κ2) is 6.25. The summed E-state index contributed by atoms with van der Waals surface area (Å²) in [4.78, 5) is 13.5. The Bertz CT molecular complexity index is 360. The average molecular weight is 236 g/mol. The first-order valence-corrected chi connectivity index (χ1v) is 5.60. The molecule has 1 N–H and O–H groups in total.